The number of carbonyl (C=O) groups excluding carboxylic acids is 1. The van der Waals surface area contributed by atoms with Gasteiger partial charge in [0, 0.05) is 6.42 Å². The highest BCUT2D eigenvalue weighted by atomic mass is 16.4. The fourth-order valence-corrected chi connectivity index (χ4v) is 2.32. The molecule has 0 bridgehead atoms. The standard InChI is InChI=1S/C23H37NO3/c1-3-4-5-6-7-8-9-10-11-12-13-14-15-16-17-18-19-20-22(25)24-21(2)23(26)27/h7-8,10-11,13-14,16-17,21H,3-6,9,12,15,18-20H2,1-2H3,(H,24,25)(H,26,27)/b8-7+,11-10+,14-13+,17-16+/t21-/m1/s1. The molecule has 152 valence electrons. The first kappa shape index (κ1) is 24.9. The molecule has 0 fully saturated rings. The highest BCUT2D eigenvalue weighted by molar-refractivity contribution is 5.83. The minimum absolute atomic E-state index is 0.208. The average Bonchev–Trinajstić information content (AvgIpc) is 2.64. The quantitative estimate of drug-likeness (QED) is 0.268. The summed E-state index contributed by atoms with van der Waals surface area (Å²) in [4.78, 5) is 22.1. The van der Waals surface area contributed by atoms with Crippen LogP contribution in [0.1, 0.15) is 78.1 Å². The molecule has 0 aliphatic rings. The van der Waals surface area contributed by atoms with Crippen molar-refractivity contribution in [3.63, 3.8) is 0 Å². The van der Waals surface area contributed by atoms with Crippen LogP contribution in [0.4, 0.5) is 0 Å². The van der Waals surface area contributed by atoms with Gasteiger partial charge >= 0.3 is 5.97 Å². The number of hydrogen-bond acceptors (Lipinski definition) is 2. The average molecular weight is 376 g/mol. The molecule has 0 spiro atoms. The maximum atomic E-state index is 11.5. The highest BCUT2D eigenvalue weighted by Crippen LogP contribution is 2.01. The first-order valence-electron chi connectivity index (χ1n) is 10.2. The zero-order valence-electron chi connectivity index (χ0n) is 17.0. The van der Waals surface area contributed by atoms with Crippen molar-refractivity contribution in [2.75, 3.05) is 0 Å². The summed E-state index contributed by atoms with van der Waals surface area (Å²) in [6.07, 6.45) is 27.2. The molecule has 0 aromatic carbocycles. The minimum atomic E-state index is -1.01. The zero-order chi connectivity index (χ0) is 20.2. The minimum Gasteiger partial charge on any atom is -0.480 e. The molecule has 4 heteroatoms. The van der Waals surface area contributed by atoms with Crippen molar-refractivity contribution in [1.29, 1.82) is 0 Å². The lowest BCUT2D eigenvalue weighted by molar-refractivity contribution is -0.141. The van der Waals surface area contributed by atoms with E-state index in [2.05, 4.69) is 60.8 Å². The number of aliphatic carboxylic acids is 1. The van der Waals surface area contributed by atoms with Crippen LogP contribution in [0.25, 0.3) is 0 Å². The van der Waals surface area contributed by atoms with Crippen molar-refractivity contribution >= 4 is 11.9 Å². The summed E-state index contributed by atoms with van der Waals surface area (Å²) >= 11 is 0. The van der Waals surface area contributed by atoms with E-state index in [0.29, 0.717) is 6.42 Å². The molecule has 0 radical (unpaired) electrons. The van der Waals surface area contributed by atoms with Crippen molar-refractivity contribution < 1.29 is 14.7 Å². The van der Waals surface area contributed by atoms with Crippen LogP contribution in [0.5, 0.6) is 0 Å². The van der Waals surface area contributed by atoms with Crippen LogP contribution in [0.2, 0.25) is 0 Å². The van der Waals surface area contributed by atoms with Crippen LogP contribution in [0.3, 0.4) is 0 Å². The van der Waals surface area contributed by atoms with E-state index >= 15 is 0 Å². The number of amides is 1. The van der Waals surface area contributed by atoms with Gasteiger partial charge in [0.1, 0.15) is 6.04 Å². The lowest BCUT2D eigenvalue weighted by Gasteiger charge is -2.08. The topological polar surface area (TPSA) is 66.4 Å². The second-order valence-corrected chi connectivity index (χ2v) is 6.61. The summed E-state index contributed by atoms with van der Waals surface area (Å²) < 4.78 is 0. The van der Waals surface area contributed by atoms with Crippen molar-refractivity contribution in [3.05, 3.63) is 48.6 Å². The molecule has 4 nitrogen and oxygen atoms in total. The van der Waals surface area contributed by atoms with Crippen LogP contribution in [-0.2, 0) is 9.59 Å². The van der Waals surface area contributed by atoms with Crippen LogP contribution in [0, 0.1) is 0 Å². The summed E-state index contributed by atoms with van der Waals surface area (Å²) in [6.45, 7) is 3.69. The van der Waals surface area contributed by atoms with Crippen molar-refractivity contribution in [2.24, 2.45) is 0 Å². The van der Waals surface area contributed by atoms with E-state index in [-0.39, 0.29) is 5.91 Å². The Morgan fingerprint density at radius 2 is 1.30 bits per heavy atom. The van der Waals surface area contributed by atoms with Gasteiger partial charge < -0.3 is 10.4 Å². The Balaban J connectivity index is 3.56. The number of carbonyl (C=O) groups is 2. The predicted molar refractivity (Wildman–Crippen MR) is 114 cm³/mol. The van der Waals surface area contributed by atoms with E-state index < -0.39 is 12.0 Å². The van der Waals surface area contributed by atoms with Gasteiger partial charge in [0.15, 0.2) is 0 Å². The van der Waals surface area contributed by atoms with Gasteiger partial charge in [-0.2, -0.15) is 0 Å². The van der Waals surface area contributed by atoms with Crippen LogP contribution in [0.15, 0.2) is 48.6 Å². The van der Waals surface area contributed by atoms with Crippen molar-refractivity contribution in [2.45, 2.75) is 84.1 Å². The fraction of sp³-hybridized carbons (Fsp3) is 0.565. The molecule has 0 rings (SSSR count). The second kappa shape index (κ2) is 18.7. The predicted octanol–water partition coefficient (Wildman–Crippen LogP) is 5.72. The molecule has 0 aliphatic carbocycles. The molecule has 0 unspecified atom stereocenters. The molecule has 0 aliphatic heterocycles. The molecule has 0 heterocycles. The SMILES string of the molecule is CCCCC/C=C/C/C=C/C/C=C/C/C=C/CCCC(=O)N[C@H](C)C(=O)O. The summed E-state index contributed by atoms with van der Waals surface area (Å²) in [5, 5.41) is 11.2. The van der Waals surface area contributed by atoms with Crippen molar-refractivity contribution in [3.8, 4) is 0 Å². The maximum Gasteiger partial charge on any atom is 0.325 e. The molecule has 0 aromatic rings. The Labute approximate surface area is 165 Å². The second-order valence-electron chi connectivity index (χ2n) is 6.61. The van der Waals surface area contributed by atoms with Gasteiger partial charge in [-0.05, 0) is 51.9 Å². The van der Waals surface area contributed by atoms with Gasteiger partial charge in [0.05, 0.1) is 0 Å². The van der Waals surface area contributed by atoms with E-state index in [9.17, 15) is 9.59 Å². The van der Waals surface area contributed by atoms with Gasteiger partial charge in [0.25, 0.3) is 0 Å². The Kier molecular flexibility index (Phi) is 17.2. The number of nitrogens with one attached hydrogen (secondary N) is 1. The van der Waals surface area contributed by atoms with Crippen LogP contribution >= 0.6 is 0 Å². The molecule has 27 heavy (non-hydrogen) atoms. The number of carboxylic acids is 1. The monoisotopic (exact) mass is 375 g/mol. The molecule has 0 saturated heterocycles. The molecule has 0 saturated carbocycles. The Hall–Kier alpha value is -2.10. The first-order chi connectivity index (χ1) is 13.1. The smallest absolute Gasteiger partial charge is 0.325 e. The third kappa shape index (κ3) is 18.5. The van der Waals surface area contributed by atoms with E-state index in [4.69, 9.17) is 5.11 Å². The van der Waals surface area contributed by atoms with Gasteiger partial charge in [-0.1, -0.05) is 68.4 Å². The lowest BCUT2D eigenvalue weighted by Crippen LogP contribution is -2.38. The highest BCUT2D eigenvalue weighted by Gasteiger charge is 2.12. The number of unbranched alkanes of at least 4 members (excludes halogenated alkanes) is 4. The first-order valence-corrected chi connectivity index (χ1v) is 10.2. The maximum absolute atomic E-state index is 11.5. The molecule has 2 N–H and O–H groups in total. The summed E-state index contributed by atoms with van der Waals surface area (Å²) in [5.74, 6) is -1.22. The Morgan fingerprint density at radius 3 is 1.78 bits per heavy atom. The Bertz CT molecular complexity index is 504. The van der Waals surface area contributed by atoms with E-state index in [1.807, 2.05) is 0 Å². The van der Waals surface area contributed by atoms with Gasteiger partial charge in [-0.15, -0.1) is 0 Å². The van der Waals surface area contributed by atoms with Crippen LogP contribution in [-0.4, -0.2) is 23.0 Å². The zero-order valence-corrected chi connectivity index (χ0v) is 17.0. The molecule has 0 aromatic heterocycles. The summed E-state index contributed by atoms with van der Waals surface area (Å²) in [6, 6.07) is -0.825. The fourth-order valence-electron chi connectivity index (χ4n) is 2.32. The van der Waals surface area contributed by atoms with Crippen molar-refractivity contribution in [1.82, 2.24) is 5.32 Å². The third-order valence-corrected chi connectivity index (χ3v) is 3.98. The summed E-state index contributed by atoms with van der Waals surface area (Å²) in [5.41, 5.74) is 0. The largest absolute Gasteiger partial charge is 0.480 e. The van der Waals surface area contributed by atoms with E-state index in [1.54, 1.807) is 0 Å². The molecule has 1 amide bonds. The molecule has 1 atom stereocenters. The molecular weight excluding hydrogens is 338 g/mol. The lowest BCUT2D eigenvalue weighted by atomic mass is 10.2. The summed E-state index contributed by atoms with van der Waals surface area (Å²) in [7, 11) is 0. The number of allylic oxidation sites excluding steroid dienone is 8. The van der Waals surface area contributed by atoms with Crippen LogP contribution < -0.4 is 5.32 Å². The van der Waals surface area contributed by atoms with E-state index in [0.717, 1.165) is 32.1 Å². The number of carboxylic acid groups (broad SMARTS) is 1. The normalized spacial score (nSPS) is 13.3. The van der Waals surface area contributed by atoms with Gasteiger partial charge in [-0.3, -0.25) is 9.59 Å². The van der Waals surface area contributed by atoms with Gasteiger partial charge in [0.2, 0.25) is 5.91 Å². The number of hydrogen-bond donors (Lipinski definition) is 2. The van der Waals surface area contributed by atoms with E-state index in [1.165, 1.54) is 32.6 Å². The number of rotatable bonds is 16. The third-order valence-electron chi connectivity index (χ3n) is 3.98. The molecular formula is C23H37NO3. The van der Waals surface area contributed by atoms with Gasteiger partial charge in [-0.25, -0.2) is 0 Å². The Morgan fingerprint density at radius 1 is 0.815 bits per heavy atom.